The fourth-order valence-corrected chi connectivity index (χ4v) is 3.00. The Labute approximate surface area is 146 Å². The van der Waals surface area contributed by atoms with Crippen LogP contribution in [0.4, 0.5) is 34.6 Å². The Morgan fingerprint density at radius 3 is 2.56 bits per heavy atom. The minimum absolute atomic E-state index is 0.0173. The van der Waals surface area contributed by atoms with E-state index in [9.17, 15) is 22.4 Å². The van der Waals surface area contributed by atoms with E-state index in [1.165, 1.54) is 18.2 Å². The highest BCUT2D eigenvalue weighted by Gasteiger charge is 2.45. The Balaban J connectivity index is 2.28. The van der Waals surface area contributed by atoms with Gasteiger partial charge in [0.15, 0.2) is 6.04 Å². The molecule has 1 unspecified atom stereocenters. The van der Waals surface area contributed by atoms with Crippen molar-refractivity contribution in [2.75, 3.05) is 16.1 Å². The lowest BCUT2D eigenvalue weighted by Gasteiger charge is -2.25. The van der Waals surface area contributed by atoms with Crippen molar-refractivity contribution in [3.05, 3.63) is 53.8 Å². The van der Waals surface area contributed by atoms with Crippen LogP contribution in [-0.2, 0) is 4.79 Å². The Morgan fingerprint density at radius 2 is 1.88 bits per heavy atom. The predicted molar refractivity (Wildman–Crippen MR) is 87.7 cm³/mol. The SMILES string of the molecule is O=C(CCCl)N1c2ccccc2NC(C(F)(F)F)c2cc(F)ccc21. The first-order valence-electron chi connectivity index (χ1n) is 7.43. The van der Waals surface area contributed by atoms with Gasteiger partial charge in [0.1, 0.15) is 5.82 Å². The third-order valence-electron chi connectivity index (χ3n) is 3.87. The van der Waals surface area contributed by atoms with Gasteiger partial charge in [-0.15, -0.1) is 11.6 Å². The van der Waals surface area contributed by atoms with Crippen molar-refractivity contribution in [3.8, 4) is 0 Å². The van der Waals surface area contributed by atoms with Gasteiger partial charge in [-0.25, -0.2) is 4.39 Å². The summed E-state index contributed by atoms with van der Waals surface area (Å²) in [5.41, 5.74) is 0.0181. The first-order valence-corrected chi connectivity index (χ1v) is 7.97. The van der Waals surface area contributed by atoms with Crippen molar-refractivity contribution in [2.45, 2.75) is 18.6 Å². The summed E-state index contributed by atoms with van der Waals surface area (Å²) in [5, 5.41) is 2.39. The number of fused-ring (bicyclic) bond motifs is 2. The number of carbonyl (C=O) groups is 1. The van der Waals surface area contributed by atoms with Gasteiger partial charge >= 0.3 is 6.18 Å². The molecule has 1 atom stereocenters. The van der Waals surface area contributed by atoms with Crippen LogP contribution in [0.2, 0.25) is 0 Å². The van der Waals surface area contributed by atoms with Gasteiger partial charge in [-0.05, 0) is 30.3 Å². The lowest BCUT2D eigenvalue weighted by molar-refractivity contribution is -0.143. The van der Waals surface area contributed by atoms with Crippen LogP contribution in [-0.4, -0.2) is 18.0 Å². The summed E-state index contributed by atoms with van der Waals surface area (Å²) >= 11 is 5.63. The summed E-state index contributed by atoms with van der Waals surface area (Å²) in [7, 11) is 0. The molecular formula is C17H13ClF4N2O. The zero-order valence-corrected chi connectivity index (χ0v) is 13.5. The van der Waals surface area contributed by atoms with Crippen LogP contribution in [0.15, 0.2) is 42.5 Å². The van der Waals surface area contributed by atoms with Gasteiger partial charge in [-0.2, -0.15) is 13.2 Å². The molecule has 0 aromatic heterocycles. The van der Waals surface area contributed by atoms with E-state index in [-0.39, 0.29) is 34.9 Å². The highest BCUT2D eigenvalue weighted by molar-refractivity contribution is 6.20. The maximum atomic E-state index is 13.7. The molecule has 3 nitrogen and oxygen atoms in total. The molecule has 132 valence electrons. The summed E-state index contributed by atoms with van der Waals surface area (Å²) in [6.07, 6.45) is -4.75. The number of halogens is 5. The molecule has 0 saturated heterocycles. The van der Waals surface area contributed by atoms with Gasteiger partial charge in [-0.1, -0.05) is 12.1 Å². The second-order valence-electron chi connectivity index (χ2n) is 5.51. The number of nitrogens with zero attached hydrogens (tertiary/aromatic N) is 1. The second-order valence-corrected chi connectivity index (χ2v) is 5.89. The predicted octanol–water partition coefficient (Wildman–Crippen LogP) is 5.15. The molecule has 0 fully saturated rings. The minimum Gasteiger partial charge on any atom is -0.369 e. The normalized spacial score (nSPS) is 16.5. The summed E-state index contributed by atoms with van der Waals surface area (Å²) in [6, 6.07) is 7.00. The fourth-order valence-electron chi connectivity index (χ4n) is 2.83. The summed E-state index contributed by atoms with van der Waals surface area (Å²) < 4.78 is 54.5. The third kappa shape index (κ3) is 3.28. The zero-order valence-electron chi connectivity index (χ0n) is 12.8. The number of nitrogens with one attached hydrogen (secondary N) is 1. The lowest BCUT2D eigenvalue weighted by Crippen LogP contribution is -2.29. The zero-order chi connectivity index (χ0) is 18.2. The van der Waals surface area contributed by atoms with E-state index in [0.717, 1.165) is 17.0 Å². The number of hydrogen-bond acceptors (Lipinski definition) is 2. The summed E-state index contributed by atoms with van der Waals surface area (Å²) in [5.74, 6) is -1.27. The molecule has 8 heteroatoms. The Hall–Kier alpha value is -2.28. The quantitative estimate of drug-likeness (QED) is 0.584. The lowest BCUT2D eigenvalue weighted by atomic mass is 10.0. The van der Waals surface area contributed by atoms with Gasteiger partial charge in [0.2, 0.25) is 5.91 Å². The van der Waals surface area contributed by atoms with E-state index in [0.29, 0.717) is 0 Å². The van der Waals surface area contributed by atoms with Crippen LogP contribution in [0.25, 0.3) is 0 Å². The van der Waals surface area contributed by atoms with Gasteiger partial charge < -0.3 is 5.32 Å². The van der Waals surface area contributed by atoms with E-state index in [4.69, 9.17) is 11.6 Å². The number of carbonyl (C=O) groups excluding carboxylic acids is 1. The van der Waals surface area contributed by atoms with Crippen molar-refractivity contribution in [1.29, 1.82) is 0 Å². The molecule has 2 aromatic rings. The van der Waals surface area contributed by atoms with E-state index in [2.05, 4.69) is 5.32 Å². The van der Waals surface area contributed by atoms with Crippen molar-refractivity contribution >= 4 is 34.6 Å². The molecule has 1 amide bonds. The first-order chi connectivity index (χ1) is 11.8. The van der Waals surface area contributed by atoms with Gasteiger partial charge in [0.25, 0.3) is 0 Å². The molecule has 1 aliphatic heterocycles. The van der Waals surface area contributed by atoms with Crippen molar-refractivity contribution in [3.63, 3.8) is 0 Å². The van der Waals surface area contributed by atoms with Crippen LogP contribution in [0.3, 0.4) is 0 Å². The smallest absolute Gasteiger partial charge is 0.369 e. The van der Waals surface area contributed by atoms with Crippen LogP contribution < -0.4 is 10.2 Å². The van der Waals surface area contributed by atoms with Crippen LogP contribution in [0, 0.1) is 5.82 Å². The molecule has 3 rings (SSSR count). The van der Waals surface area contributed by atoms with Crippen LogP contribution >= 0.6 is 11.6 Å². The van der Waals surface area contributed by atoms with Crippen LogP contribution in [0.5, 0.6) is 0 Å². The molecule has 0 saturated carbocycles. The fraction of sp³-hybridized carbons (Fsp3) is 0.235. The number of rotatable bonds is 2. The van der Waals surface area contributed by atoms with Crippen molar-refractivity contribution in [1.82, 2.24) is 0 Å². The summed E-state index contributed by atoms with van der Waals surface area (Å²) in [6.45, 7) is 0. The molecule has 0 radical (unpaired) electrons. The second kappa shape index (κ2) is 6.55. The van der Waals surface area contributed by atoms with E-state index in [1.54, 1.807) is 12.1 Å². The van der Waals surface area contributed by atoms with E-state index in [1.807, 2.05) is 0 Å². The monoisotopic (exact) mass is 372 g/mol. The molecule has 1 aliphatic rings. The van der Waals surface area contributed by atoms with E-state index >= 15 is 0 Å². The highest BCUT2D eigenvalue weighted by atomic mass is 35.5. The Morgan fingerprint density at radius 1 is 1.16 bits per heavy atom. The summed E-state index contributed by atoms with van der Waals surface area (Å²) in [4.78, 5) is 13.7. The largest absolute Gasteiger partial charge is 0.412 e. The molecule has 1 heterocycles. The topological polar surface area (TPSA) is 32.3 Å². The molecular weight excluding hydrogens is 360 g/mol. The molecule has 25 heavy (non-hydrogen) atoms. The number of anilines is 3. The number of benzene rings is 2. The number of hydrogen-bond donors (Lipinski definition) is 1. The number of amides is 1. The third-order valence-corrected chi connectivity index (χ3v) is 4.06. The van der Waals surface area contributed by atoms with Gasteiger partial charge in [-0.3, -0.25) is 9.69 Å². The van der Waals surface area contributed by atoms with E-state index < -0.39 is 23.9 Å². The molecule has 0 spiro atoms. The van der Waals surface area contributed by atoms with Gasteiger partial charge in [0, 0.05) is 17.9 Å². The number of para-hydroxylation sites is 2. The standard InChI is InChI=1S/C17H13ClF4N2O/c18-8-7-15(25)24-13-6-5-10(19)9-11(13)16(17(20,21)22)23-12-3-1-2-4-14(12)24/h1-6,9,16,23H,7-8H2. The maximum Gasteiger partial charge on any atom is 0.412 e. The first kappa shape index (κ1) is 17.5. The van der Waals surface area contributed by atoms with Crippen LogP contribution in [0.1, 0.15) is 18.0 Å². The number of alkyl halides is 4. The highest BCUT2D eigenvalue weighted by Crippen LogP contribution is 2.47. The molecule has 2 aromatic carbocycles. The minimum atomic E-state index is -4.68. The van der Waals surface area contributed by atoms with Crippen molar-refractivity contribution in [2.24, 2.45) is 0 Å². The average Bonchev–Trinajstić information content (AvgIpc) is 2.69. The Bertz CT molecular complexity index is 809. The average molecular weight is 373 g/mol. The maximum absolute atomic E-state index is 13.7. The Kier molecular flexibility index (Phi) is 4.60. The van der Waals surface area contributed by atoms with Gasteiger partial charge in [0.05, 0.1) is 17.1 Å². The molecule has 0 aliphatic carbocycles. The van der Waals surface area contributed by atoms with Crippen molar-refractivity contribution < 1.29 is 22.4 Å². The molecule has 0 bridgehead atoms. The molecule has 1 N–H and O–H groups in total.